The average molecular weight is 347 g/mol. The Morgan fingerprint density at radius 3 is 2.91 bits per heavy atom. The molecule has 0 aliphatic rings. The van der Waals surface area contributed by atoms with Crippen molar-refractivity contribution in [3.8, 4) is 5.75 Å². The predicted molar refractivity (Wildman–Crippen MR) is 94.7 cm³/mol. The Balaban J connectivity index is 1.67. The molecule has 1 aromatic heterocycles. The molecule has 0 aliphatic carbocycles. The molecule has 23 heavy (non-hydrogen) atoms. The van der Waals surface area contributed by atoms with Gasteiger partial charge in [-0.15, -0.1) is 0 Å². The van der Waals surface area contributed by atoms with Gasteiger partial charge in [-0.1, -0.05) is 35.1 Å². The number of hydrogen-bond donors (Lipinski definition) is 1. The molecule has 6 heteroatoms. The number of nitrogens with zero attached hydrogens (tertiary/aromatic N) is 1. The summed E-state index contributed by atoms with van der Waals surface area (Å²) in [4.78, 5) is 16.5. The van der Waals surface area contributed by atoms with Crippen LogP contribution in [0.1, 0.15) is 11.1 Å². The number of thiazole rings is 1. The van der Waals surface area contributed by atoms with Gasteiger partial charge in [0.15, 0.2) is 11.7 Å². The highest BCUT2D eigenvalue weighted by Gasteiger charge is 2.10. The van der Waals surface area contributed by atoms with Crippen molar-refractivity contribution >= 4 is 44.2 Å². The summed E-state index contributed by atoms with van der Waals surface area (Å²) in [5.41, 5.74) is 3.21. The highest BCUT2D eigenvalue weighted by atomic mass is 35.5. The van der Waals surface area contributed by atoms with Gasteiger partial charge in [0.2, 0.25) is 0 Å². The molecule has 118 valence electrons. The number of hydrogen-bond acceptors (Lipinski definition) is 4. The molecule has 1 N–H and O–H groups in total. The number of benzene rings is 2. The SMILES string of the molecule is Cc1cc(C)c2nc(NC(=O)COc3cccc(Cl)c3)sc2c1. The molecular weight excluding hydrogens is 332 g/mol. The summed E-state index contributed by atoms with van der Waals surface area (Å²) in [7, 11) is 0. The van der Waals surface area contributed by atoms with Crippen LogP contribution in [0.25, 0.3) is 10.2 Å². The van der Waals surface area contributed by atoms with Crippen molar-refractivity contribution in [2.45, 2.75) is 13.8 Å². The van der Waals surface area contributed by atoms with E-state index in [1.807, 2.05) is 13.8 Å². The maximum atomic E-state index is 12.0. The Hall–Kier alpha value is -2.11. The zero-order valence-corrected chi connectivity index (χ0v) is 14.3. The van der Waals surface area contributed by atoms with Crippen LogP contribution in [0.3, 0.4) is 0 Å². The molecule has 0 spiro atoms. The van der Waals surface area contributed by atoms with Crippen LogP contribution in [0, 0.1) is 13.8 Å². The number of carbonyl (C=O) groups is 1. The maximum Gasteiger partial charge on any atom is 0.264 e. The highest BCUT2D eigenvalue weighted by molar-refractivity contribution is 7.22. The van der Waals surface area contributed by atoms with Gasteiger partial charge in [-0.2, -0.15) is 0 Å². The molecule has 1 heterocycles. The second-order valence-corrected chi connectivity index (χ2v) is 6.71. The molecule has 0 atom stereocenters. The smallest absolute Gasteiger partial charge is 0.264 e. The van der Waals surface area contributed by atoms with Crippen LogP contribution in [-0.2, 0) is 4.79 Å². The van der Waals surface area contributed by atoms with E-state index in [2.05, 4.69) is 22.4 Å². The predicted octanol–water partition coefficient (Wildman–Crippen LogP) is 4.58. The lowest BCUT2D eigenvalue weighted by Gasteiger charge is -2.05. The van der Waals surface area contributed by atoms with Crippen molar-refractivity contribution in [2.24, 2.45) is 0 Å². The van der Waals surface area contributed by atoms with Crippen LogP contribution in [0.5, 0.6) is 5.75 Å². The Morgan fingerprint density at radius 2 is 2.13 bits per heavy atom. The van der Waals surface area contributed by atoms with E-state index in [1.54, 1.807) is 24.3 Å². The molecule has 3 rings (SSSR count). The van der Waals surface area contributed by atoms with Crippen LogP contribution >= 0.6 is 22.9 Å². The van der Waals surface area contributed by atoms with Crippen molar-refractivity contribution in [1.29, 1.82) is 0 Å². The summed E-state index contributed by atoms with van der Waals surface area (Å²) in [5, 5.41) is 3.92. The van der Waals surface area contributed by atoms with Gasteiger partial charge in [-0.05, 0) is 49.2 Å². The van der Waals surface area contributed by atoms with Crippen LogP contribution in [0.4, 0.5) is 5.13 Å². The minimum atomic E-state index is -0.251. The number of amides is 1. The average Bonchev–Trinajstić information content (AvgIpc) is 2.88. The number of ether oxygens (including phenoxy) is 1. The summed E-state index contributed by atoms with van der Waals surface area (Å²) in [6, 6.07) is 11.1. The van der Waals surface area contributed by atoms with Crippen LogP contribution in [-0.4, -0.2) is 17.5 Å². The third kappa shape index (κ3) is 3.81. The largest absolute Gasteiger partial charge is 0.484 e. The van der Waals surface area contributed by atoms with Crippen LogP contribution < -0.4 is 10.1 Å². The third-order valence-electron chi connectivity index (χ3n) is 3.24. The molecule has 0 aliphatic heterocycles. The second-order valence-electron chi connectivity index (χ2n) is 5.24. The van der Waals surface area contributed by atoms with E-state index in [9.17, 15) is 4.79 Å². The normalized spacial score (nSPS) is 10.7. The van der Waals surface area contributed by atoms with E-state index in [1.165, 1.54) is 16.9 Å². The molecule has 3 aromatic rings. The lowest BCUT2D eigenvalue weighted by molar-refractivity contribution is -0.118. The fourth-order valence-corrected chi connectivity index (χ4v) is 3.52. The number of aromatic nitrogens is 1. The van der Waals surface area contributed by atoms with E-state index in [0.717, 1.165) is 15.8 Å². The quantitative estimate of drug-likeness (QED) is 0.752. The molecule has 0 bridgehead atoms. The summed E-state index contributed by atoms with van der Waals surface area (Å²) >= 11 is 7.33. The molecular formula is C17H15ClN2O2S. The highest BCUT2D eigenvalue weighted by Crippen LogP contribution is 2.29. The molecule has 0 unspecified atom stereocenters. The zero-order valence-electron chi connectivity index (χ0n) is 12.7. The maximum absolute atomic E-state index is 12.0. The van der Waals surface area contributed by atoms with Gasteiger partial charge in [-0.25, -0.2) is 4.98 Å². The minimum absolute atomic E-state index is 0.0890. The Labute approximate surface area is 143 Å². The fourth-order valence-electron chi connectivity index (χ4n) is 2.29. The van der Waals surface area contributed by atoms with E-state index in [0.29, 0.717) is 15.9 Å². The molecule has 0 fully saturated rings. The van der Waals surface area contributed by atoms with Gasteiger partial charge in [0.05, 0.1) is 10.2 Å². The van der Waals surface area contributed by atoms with E-state index in [-0.39, 0.29) is 12.5 Å². The van der Waals surface area contributed by atoms with Crippen molar-refractivity contribution in [1.82, 2.24) is 4.98 Å². The molecule has 0 radical (unpaired) electrons. The number of anilines is 1. The van der Waals surface area contributed by atoms with Crippen molar-refractivity contribution < 1.29 is 9.53 Å². The fraction of sp³-hybridized carbons (Fsp3) is 0.176. The van der Waals surface area contributed by atoms with Gasteiger partial charge in [0.1, 0.15) is 5.75 Å². The number of rotatable bonds is 4. The monoisotopic (exact) mass is 346 g/mol. The van der Waals surface area contributed by atoms with Crippen LogP contribution in [0.15, 0.2) is 36.4 Å². The molecule has 0 saturated carbocycles. The summed E-state index contributed by atoms with van der Waals surface area (Å²) < 4.78 is 6.48. The standard InChI is InChI=1S/C17H15ClN2O2S/c1-10-6-11(2)16-14(7-10)23-17(20-16)19-15(21)9-22-13-5-3-4-12(18)8-13/h3-8H,9H2,1-2H3,(H,19,20,21). The lowest BCUT2D eigenvalue weighted by Crippen LogP contribution is -2.19. The third-order valence-corrected chi connectivity index (χ3v) is 4.40. The van der Waals surface area contributed by atoms with E-state index < -0.39 is 0 Å². The first kappa shape index (κ1) is 15.8. The Kier molecular flexibility index (Phi) is 4.50. The minimum Gasteiger partial charge on any atom is -0.484 e. The number of halogens is 1. The van der Waals surface area contributed by atoms with Gasteiger partial charge in [0, 0.05) is 5.02 Å². The zero-order chi connectivity index (χ0) is 16.4. The van der Waals surface area contributed by atoms with Crippen molar-refractivity contribution in [3.63, 3.8) is 0 Å². The van der Waals surface area contributed by atoms with E-state index in [4.69, 9.17) is 16.3 Å². The Bertz CT molecular complexity index is 876. The van der Waals surface area contributed by atoms with Gasteiger partial charge < -0.3 is 4.74 Å². The number of nitrogens with one attached hydrogen (secondary N) is 1. The summed E-state index contributed by atoms with van der Waals surface area (Å²) in [6.07, 6.45) is 0. The van der Waals surface area contributed by atoms with Gasteiger partial charge >= 0.3 is 0 Å². The number of aryl methyl sites for hydroxylation is 2. The van der Waals surface area contributed by atoms with E-state index >= 15 is 0 Å². The van der Waals surface area contributed by atoms with Gasteiger partial charge in [0.25, 0.3) is 5.91 Å². The first-order valence-electron chi connectivity index (χ1n) is 7.07. The molecule has 2 aromatic carbocycles. The summed E-state index contributed by atoms with van der Waals surface area (Å²) in [5.74, 6) is 0.307. The molecule has 1 amide bonds. The Morgan fingerprint density at radius 1 is 1.30 bits per heavy atom. The first-order chi connectivity index (χ1) is 11.0. The number of fused-ring (bicyclic) bond motifs is 1. The molecule has 4 nitrogen and oxygen atoms in total. The number of carbonyl (C=O) groups excluding carboxylic acids is 1. The summed E-state index contributed by atoms with van der Waals surface area (Å²) in [6.45, 7) is 3.97. The second kappa shape index (κ2) is 6.56. The van der Waals surface area contributed by atoms with Crippen molar-refractivity contribution in [3.05, 3.63) is 52.5 Å². The lowest BCUT2D eigenvalue weighted by atomic mass is 10.1. The molecule has 0 saturated heterocycles. The van der Waals surface area contributed by atoms with Crippen molar-refractivity contribution in [2.75, 3.05) is 11.9 Å². The van der Waals surface area contributed by atoms with Crippen LogP contribution in [0.2, 0.25) is 5.02 Å². The van der Waals surface area contributed by atoms with Gasteiger partial charge in [-0.3, -0.25) is 10.1 Å². The first-order valence-corrected chi connectivity index (χ1v) is 8.27. The topological polar surface area (TPSA) is 51.2 Å².